The molecule has 2 aliphatic rings. The number of anilines is 1. The van der Waals surface area contributed by atoms with Crippen LogP contribution in [0.5, 0.6) is 23.0 Å². The normalized spacial score (nSPS) is 17.9. The second-order valence-corrected chi connectivity index (χ2v) is 7.91. The van der Waals surface area contributed by atoms with E-state index in [1.54, 1.807) is 49.4 Å². The van der Waals surface area contributed by atoms with Gasteiger partial charge in [0.05, 0.1) is 24.0 Å². The molecule has 10 nitrogen and oxygen atoms in total. The number of para-hydroxylation sites is 1. The van der Waals surface area contributed by atoms with Gasteiger partial charge in [0.1, 0.15) is 17.1 Å². The van der Waals surface area contributed by atoms with Gasteiger partial charge >= 0.3 is 5.63 Å². The predicted octanol–water partition coefficient (Wildman–Crippen LogP) is 3.36. The average Bonchev–Trinajstić information content (AvgIpc) is 3.56. The molecule has 1 amide bonds. The molecule has 0 fully saturated rings. The van der Waals surface area contributed by atoms with E-state index >= 15 is 0 Å². The molecule has 0 spiro atoms. The van der Waals surface area contributed by atoms with Gasteiger partial charge in [0.2, 0.25) is 12.5 Å². The molecule has 10 heteroatoms. The summed E-state index contributed by atoms with van der Waals surface area (Å²) in [5.74, 6) is 1.06. The number of ether oxygens (including phenoxy) is 4. The van der Waals surface area contributed by atoms with Gasteiger partial charge in [-0.3, -0.25) is 4.79 Å². The number of aryl methyl sites for hydroxylation is 1. The largest absolute Gasteiger partial charge is 0.493 e. The highest BCUT2D eigenvalue weighted by atomic mass is 16.7. The van der Waals surface area contributed by atoms with E-state index in [-0.39, 0.29) is 18.2 Å². The molecule has 0 aliphatic carbocycles. The maximum Gasteiger partial charge on any atom is 0.344 e. The number of methoxy groups -OCH3 is 1. The Morgan fingerprint density at radius 2 is 2.00 bits per heavy atom. The first kappa shape index (κ1) is 20.2. The fraction of sp³-hybridized carbons (Fsp3) is 0.208. The minimum Gasteiger partial charge on any atom is -0.493 e. The predicted molar refractivity (Wildman–Crippen MR) is 118 cm³/mol. The molecule has 4 aromatic rings. The van der Waals surface area contributed by atoms with Crippen LogP contribution in [0.15, 0.2) is 56.2 Å². The van der Waals surface area contributed by atoms with E-state index < -0.39 is 23.6 Å². The van der Waals surface area contributed by atoms with Gasteiger partial charge in [-0.05, 0) is 36.8 Å². The van der Waals surface area contributed by atoms with Crippen LogP contribution in [-0.4, -0.2) is 31.1 Å². The lowest BCUT2D eigenvalue weighted by Gasteiger charge is -2.19. The minimum absolute atomic E-state index is 0.0368. The Hall–Kier alpha value is -4.47. The highest BCUT2D eigenvalue weighted by Crippen LogP contribution is 2.49. The lowest BCUT2D eigenvalue weighted by molar-refractivity contribution is -0.122. The second-order valence-electron chi connectivity index (χ2n) is 7.91. The summed E-state index contributed by atoms with van der Waals surface area (Å²) in [4.78, 5) is 26.5. The van der Waals surface area contributed by atoms with Crippen molar-refractivity contribution in [3.63, 3.8) is 0 Å². The van der Waals surface area contributed by atoms with Gasteiger partial charge in [-0.2, -0.15) is 0 Å². The van der Waals surface area contributed by atoms with Gasteiger partial charge in [0, 0.05) is 6.07 Å². The average molecular weight is 462 g/mol. The summed E-state index contributed by atoms with van der Waals surface area (Å²) in [6.45, 7) is 1.75. The van der Waals surface area contributed by atoms with E-state index in [4.69, 9.17) is 27.9 Å². The number of carbonyl (C=O) groups is 1. The highest BCUT2D eigenvalue weighted by Gasteiger charge is 2.45. The Morgan fingerprint density at radius 1 is 1.15 bits per heavy atom. The third kappa shape index (κ3) is 3.06. The van der Waals surface area contributed by atoms with Crippen LogP contribution in [0.1, 0.15) is 22.8 Å². The van der Waals surface area contributed by atoms with E-state index in [0.717, 1.165) is 0 Å². The molecule has 2 atom stereocenters. The first-order valence-corrected chi connectivity index (χ1v) is 10.5. The van der Waals surface area contributed by atoms with Crippen LogP contribution in [0.3, 0.4) is 0 Å². The van der Waals surface area contributed by atoms with Gasteiger partial charge in [0.15, 0.2) is 23.4 Å². The first-order chi connectivity index (χ1) is 16.5. The number of carbonyl (C=O) groups excluding carboxylic acids is 1. The minimum atomic E-state index is -1.11. The maximum absolute atomic E-state index is 13.4. The summed E-state index contributed by atoms with van der Waals surface area (Å²) < 4.78 is 33.3. The Labute approximate surface area is 192 Å². The molecule has 4 heterocycles. The lowest BCUT2D eigenvalue weighted by atomic mass is 9.87. The molecule has 0 bridgehead atoms. The number of rotatable bonds is 4. The van der Waals surface area contributed by atoms with Crippen molar-refractivity contribution in [1.29, 1.82) is 0 Å². The van der Waals surface area contributed by atoms with Crippen molar-refractivity contribution in [3.8, 4) is 23.0 Å². The molecular formula is C24H18N2O8. The molecule has 34 heavy (non-hydrogen) atoms. The molecule has 0 radical (unpaired) electrons. The summed E-state index contributed by atoms with van der Waals surface area (Å²) in [7, 11) is 1.50. The SMILES string of the molecule is COc1cc([C@H]2c3c(c4ccccc4oc3=O)O[C@@H]2C(=O)Nc2cc(C)on2)cc2c1OCO2. The van der Waals surface area contributed by atoms with Crippen LogP contribution in [0.25, 0.3) is 11.0 Å². The highest BCUT2D eigenvalue weighted by molar-refractivity contribution is 5.97. The summed E-state index contributed by atoms with van der Waals surface area (Å²) in [5.41, 5.74) is 0.569. The molecule has 1 N–H and O–H groups in total. The Kier molecular flexibility index (Phi) is 4.47. The van der Waals surface area contributed by atoms with E-state index in [1.165, 1.54) is 7.11 Å². The van der Waals surface area contributed by atoms with Crippen molar-refractivity contribution >= 4 is 22.7 Å². The van der Waals surface area contributed by atoms with Gasteiger partial charge in [0.25, 0.3) is 5.91 Å². The number of amides is 1. The van der Waals surface area contributed by atoms with Crippen molar-refractivity contribution in [2.45, 2.75) is 18.9 Å². The maximum atomic E-state index is 13.4. The first-order valence-electron chi connectivity index (χ1n) is 10.5. The third-order valence-corrected chi connectivity index (χ3v) is 5.83. The molecule has 2 aromatic heterocycles. The van der Waals surface area contributed by atoms with Crippen LogP contribution < -0.4 is 29.9 Å². The molecule has 2 aromatic carbocycles. The molecule has 0 saturated heterocycles. The number of benzene rings is 2. The van der Waals surface area contributed by atoms with Gasteiger partial charge in [-0.1, -0.05) is 17.3 Å². The van der Waals surface area contributed by atoms with Crippen molar-refractivity contribution in [3.05, 3.63) is 69.8 Å². The van der Waals surface area contributed by atoms with Crippen LogP contribution in [0, 0.1) is 6.92 Å². The van der Waals surface area contributed by atoms with E-state index in [0.29, 0.717) is 45.3 Å². The number of nitrogens with zero attached hydrogens (tertiary/aromatic N) is 1. The monoisotopic (exact) mass is 462 g/mol. The number of hydrogen-bond acceptors (Lipinski definition) is 9. The Bertz CT molecular complexity index is 1500. The molecule has 2 aliphatic heterocycles. The number of nitrogens with one attached hydrogen (secondary N) is 1. The molecule has 172 valence electrons. The van der Waals surface area contributed by atoms with E-state index in [1.807, 2.05) is 0 Å². The zero-order valence-electron chi connectivity index (χ0n) is 18.1. The third-order valence-electron chi connectivity index (χ3n) is 5.83. The van der Waals surface area contributed by atoms with Crippen LogP contribution in [0.2, 0.25) is 0 Å². The van der Waals surface area contributed by atoms with Gasteiger partial charge in [-0.25, -0.2) is 4.79 Å². The van der Waals surface area contributed by atoms with E-state index in [9.17, 15) is 9.59 Å². The van der Waals surface area contributed by atoms with Crippen molar-refractivity contribution in [2.75, 3.05) is 19.2 Å². The topological polar surface area (TPSA) is 122 Å². The van der Waals surface area contributed by atoms with Crippen molar-refractivity contribution < 1.29 is 32.7 Å². The lowest BCUT2D eigenvalue weighted by Crippen LogP contribution is -2.35. The van der Waals surface area contributed by atoms with Crippen LogP contribution in [-0.2, 0) is 4.79 Å². The van der Waals surface area contributed by atoms with E-state index in [2.05, 4.69) is 10.5 Å². The zero-order valence-corrected chi connectivity index (χ0v) is 18.1. The molecule has 0 saturated carbocycles. The summed E-state index contributed by atoms with van der Waals surface area (Å²) in [5, 5.41) is 7.10. The second kappa shape index (κ2) is 7.55. The van der Waals surface area contributed by atoms with Crippen LogP contribution >= 0.6 is 0 Å². The zero-order chi connectivity index (χ0) is 23.4. The van der Waals surface area contributed by atoms with Crippen molar-refractivity contribution in [1.82, 2.24) is 5.16 Å². The summed E-state index contributed by atoms with van der Waals surface area (Å²) in [6.07, 6.45) is -1.11. The number of fused-ring (bicyclic) bond motifs is 4. The van der Waals surface area contributed by atoms with Gasteiger partial charge in [-0.15, -0.1) is 0 Å². The van der Waals surface area contributed by atoms with Gasteiger partial charge < -0.3 is 33.2 Å². The molecule has 6 rings (SSSR count). The fourth-order valence-electron chi connectivity index (χ4n) is 4.38. The smallest absolute Gasteiger partial charge is 0.344 e. The Morgan fingerprint density at radius 3 is 2.79 bits per heavy atom. The summed E-state index contributed by atoms with van der Waals surface area (Å²) >= 11 is 0. The Balaban J connectivity index is 1.52. The number of hydrogen-bond donors (Lipinski definition) is 1. The summed E-state index contributed by atoms with van der Waals surface area (Å²) in [6, 6.07) is 12.0. The number of aromatic nitrogens is 1. The quantitative estimate of drug-likeness (QED) is 0.455. The molecular weight excluding hydrogens is 444 g/mol. The standard InChI is InChI=1S/C24H18N2O8/c1-11-7-17(26-34-11)25-23(27)22-18(12-8-15(29-2)21-16(9-12)30-10-31-21)19-20(33-22)13-5-3-4-6-14(13)32-24(19)28/h3-9,18,22H,10H2,1-2H3,(H,25,26,27)/t18-,22-/m0/s1. The van der Waals surface area contributed by atoms with Crippen molar-refractivity contribution in [2.24, 2.45) is 0 Å². The molecule has 0 unspecified atom stereocenters. The van der Waals surface area contributed by atoms with Crippen LogP contribution in [0.4, 0.5) is 5.82 Å². The fourth-order valence-corrected chi connectivity index (χ4v) is 4.38.